The minimum Gasteiger partial charge on any atom is -0.435 e. The zero-order valence-electron chi connectivity index (χ0n) is 13.3. The number of amides is 1. The molecule has 1 aromatic carbocycles. The fourth-order valence-corrected chi connectivity index (χ4v) is 2.73. The van der Waals surface area contributed by atoms with Crippen LogP contribution >= 0.6 is 0 Å². The van der Waals surface area contributed by atoms with Crippen molar-refractivity contribution in [3.05, 3.63) is 35.9 Å². The third-order valence-corrected chi connectivity index (χ3v) is 3.91. The highest BCUT2D eigenvalue weighted by atomic mass is 19.3. The fourth-order valence-electron chi connectivity index (χ4n) is 2.73. The summed E-state index contributed by atoms with van der Waals surface area (Å²) in [7, 11) is 0. The van der Waals surface area contributed by atoms with Gasteiger partial charge in [-0.3, -0.25) is 4.79 Å². The van der Waals surface area contributed by atoms with Crippen molar-refractivity contribution < 1.29 is 18.3 Å². The van der Waals surface area contributed by atoms with Crippen LogP contribution in [0.25, 0.3) is 5.69 Å². The largest absolute Gasteiger partial charge is 0.435 e. The molecule has 3 rings (SSSR count). The molecule has 128 valence electrons. The van der Waals surface area contributed by atoms with Crippen LogP contribution in [0.2, 0.25) is 0 Å². The van der Waals surface area contributed by atoms with Gasteiger partial charge in [0.1, 0.15) is 11.6 Å². The molecule has 1 aliphatic heterocycles. The molecule has 0 saturated carbocycles. The van der Waals surface area contributed by atoms with Gasteiger partial charge < -0.3 is 9.64 Å². The molecule has 0 bridgehead atoms. The Bertz CT molecular complexity index is 709. The van der Waals surface area contributed by atoms with Crippen LogP contribution in [0.1, 0.15) is 35.7 Å². The second-order valence-electron chi connectivity index (χ2n) is 5.62. The zero-order valence-corrected chi connectivity index (χ0v) is 13.3. The van der Waals surface area contributed by atoms with E-state index in [-0.39, 0.29) is 17.5 Å². The van der Waals surface area contributed by atoms with Crippen molar-refractivity contribution in [3.63, 3.8) is 0 Å². The van der Waals surface area contributed by atoms with Crippen LogP contribution in [0.4, 0.5) is 8.78 Å². The number of halogens is 2. The predicted molar refractivity (Wildman–Crippen MR) is 82.5 cm³/mol. The Kier molecular flexibility index (Phi) is 4.73. The maximum absolute atomic E-state index is 12.5. The van der Waals surface area contributed by atoms with E-state index in [0.29, 0.717) is 11.5 Å². The van der Waals surface area contributed by atoms with E-state index in [2.05, 4.69) is 14.8 Å². The first-order valence-electron chi connectivity index (χ1n) is 7.83. The van der Waals surface area contributed by atoms with Crippen molar-refractivity contribution >= 4 is 5.91 Å². The number of nitrogens with zero attached hydrogens (tertiary/aromatic N) is 4. The van der Waals surface area contributed by atoms with Gasteiger partial charge in [0, 0.05) is 13.1 Å². The SMILES string of the molecule is Cc1nc(C(=O)N2CCCCC2)nn1-c1ccc(OC(F)F)cc1. The second kappa shape index (κ2) is 6.94. The van der Waals surface area contributed by atoms with E-state index in [0.717, 1.165) is 32.4 Å². The molecular weight excluding hydrogens is 318 g/mol. The Hall–Kier alpha value is -2.51. The Labute approximate surface area is 138 Å². The topological polar surface area (TPSA) is 60.2 Å². The molecule has 2 heterocycles. The monoisotopic (exact) mass is 336 g/mol. The smallest absolute Gasteiger partial charge is 0.387 e. The average molecular weight is 336 g/mol. The van der Waals surface area contributed by atoms with Gasteiger partial charge in [-0.05, 0) is 50.5 Å². The van der Waals surface area contributed by atoms with Crippen molar-refractivity contribution in [3.8, 4) is 11.4 Å². The number of ether oxygens (including phenoxy) is 1. The lowest BCUT2D eigenvalue weighted by atomic mass is 10.1. The van der Waals surface area contributed by atoms with E-state index in [9.17, 15) is 13.6 Å². The molecule has 8 heteroatoms. The highest BCUT2D eigenvalue weighted by Gasteiger charge is 2.23. The van der Waals surface area contributed by atoms with Crippen molar-refractivity contribution in [2.75, 3.05) is 13.1 Å². The van der Waals surface area contributed by atoms with Gasteiger partial charge in [-0.15, -0.1) is 5.10 Å². The summed E-state index contributed by atoms with van der Waals surface area (Å²) >= 11 is 0. The molecule has 1 amide bonds. The predicted octanol–water partition coefficient (Wildman–Crippen LogP) is 2.80. The highest BCUT2D eigenvalue weighted by molar-refractivity contribution is 5.90. The van der Waals surface area contributed by atoms with Crippen LogP contribution < -0.4 is 4.74 Å². The first-order chi connectivity index (χ1) is 11.5. The second-order valence-corrected chi connectivity index (χ2v) is 5.62. The van der Waals surface area contributed by atoms with Crippen molar-refractivity contribution in [1.29, 1.82) is 0 Å². The number of benzene rings is 1. The number of alkyl halides is 2. The number of hydrogen-bond donors (Lipinski definition) is 0. The van der Waals surface area contributed by atoms with E-state index in [4.69, 9.17) is 0 Å². The third kappa shape index (κ3) is 3.52. The molecule has 1 saturated heterocycles. The Morgan fingerprint density at radius 2 is 1.83 bits per heavy atom. The Morgan fingerprint density at radius 3 is 2.46 bits per heavy atom. The maximum Gasteiger partial charge on any atom is 0.387 e. The molecule has 0 N–H and O–H groups in total. The van der Waals surface area contributed by atoms with Crippen LogP contribution in [-0.2, 0) is 0 Å². The lowest BCUT2D eigenvalue weighted by molar-refractivity contribution is -0.0498. The molecule has 1 aromatic heterocycles. The summed E-state index contributed by atoms with van der Waals surface area (Å²) in [6, 6.07) is 6.03. The van der Waals surface area contributed by atoms with Gasteiger partial charge in [-0.25, -0.2) is 9.67 Å². The summed E-state index contributed by atoms with van der Waals surface area (Å²) in [5.74, 6) is 0.602. The fraction of sp³-hybridized carbons (Fsp3) is 0.438. The number of piperidine rings is 1. The molecule has 0 atom stereocenters. The number of carbonyl (C=O) groups is 1. The van der Waals surface area contributed by atoms with Crippen molar-refractivity contribution in [1.82, 2.24) is 19.7 Å². The molecule has 0 radical (unpaired) electrons. The average Bonchev–Trinajstić information content (AvgIpc) is 2.97. The van der Waals surface area contributed by atoms with Crippen LogP contribution in [0, 0.1) is 6.92 Å². The summed E-state index contributed by atoms with van der Waals surface area (Å²) in [5, 5.41) is 4.27. The van der Waals surface area contributed by atoms with E-state index in [1.165, 1.54) is 16.8 Å². The van der Waals surface area contributed by atoms with Gasteiger partial charge >= 0.3 is 6.61 Å². The van der Waals surface area contributed by atoms with Crippen molar-refractivity contribution in [2.45, 2.75) is 32.8 Å². The summed E-state index contributed by atoms with van der Waals surface area (Å²) < 4.78 is 30.2. The zero-order chi connectivity index (χ0) is 17.1. The molecule has 1 fully saturated rings. The maximum atomic E-state index is 12.5. The molecule has 0 unspecified atom stereocenters. The normalized spacial score (nSPS) is 14.9. The summed E-state index contributed by atoms with van der Waals surface area (Å²) in [6.07, 6.45) is 3.13. The lowest BCUT2D eigenvalue weighted by Crippen LogP contribution is -2.36. The first-order valence-corrected chi connectivity index (χ1v) is 7.83. The van der Waals surface area contributed by atoms with Gasteiger partial charge in [0.2, 0.25) is 5.82 Å². The van der Waals surface area contributed by atoms with Gasteiger partial charge in [0.15, 0.2) is 0 Å². The third-order valence-electron chi connectivity index (χ3n) is 3.91. The van der Waals surface area contributed by atoms with Crippen LogP contribution in [-0.4, -0.2) is 45.3 Å². The number of rotatable bonds is 4. The summed E-state index contributed by atoms with van der Waals surface area (Å²) in [6.45, 7) is 0.333. The molecule has 0 aliphatic carbocycles. The van der Waals surface area contributed by atoms with E-state index >= 15 is 0 Å². The molecular formula is C16H18F2N4O2. The van der Waals surface area contributed by atoms with Crippen LogP contribution in [0.15, 0.2) is 24.3 Å². The minimum absolute atomic E-state index is 0.0659. The highest BCUT2D eigenvalue weighted by Crippen LogP contribution is 2.18. The summed E-state index contributed by atoms with van der Waals surface area (Å²) in [5.41, 5.74) is 0.624. The quantitative estimate of drug-likeness (QED) is 0.861. The number of hydrogen-bond acceptors (Lipinski definition) is 4. The molecule has 2 aromatic rings. The van der Waals surface area contributed by atoms with Gasteiger partial charge in [0.25, 0.3) is 5.91 Å². The minimum atomic E-state index is -2.86. The van der Waals surface area contributed by atoms with E-state index < -0.39 is 6.61 Å². The number of aryl methyl sites for hydroxylation is 1. The van der Waals surface area contributed by atoms with E-state index in [1.807, 2.05) is 0 Å². The molecule has 6 nitrogen and oxygen atoms in total. The summed E-state index contributed by atoms with van der Waals surface area (Å²) in [4.78, 5) is 18.5. The van der Waals surface area contributed by atoms with Crippen LogP contribution in [0.5, 0.6) is 5.75 Å². The standard InChI is InChI=1S/C16H18F2N4O2/c1-11-19-14(15(23)21-9-3-2-4-10-21)20-22(11)12-5-7-13(8-6-12)24-16(17)18/h5-8,16H,2-4,9-10H2,1H3. The van der Waals surface area contributed by atoms with Crippen LogP contribution in [0.3, 0.4) is 0 Å². The Balaban J connectivity index is 1.79. The number of carbonyl (C=O) groups excluding carboxylic acids is 1. The van der Waals surface area contributed by atoms with Crippen molar-refractivity contribution in [2.24, 2.45) is 0 Å². The molecule has 1 aliphatic rings. The van der Waals surface area contributed by atoms with Gasteiger partial charge in [-0.2, -0.15) is 8.78 Å². The number of likely N-dealkylation sites (tertiary alicyclic amines) is 1. The van der Waals surface area contributed by atoms with Gasteiger partial charge in [-0.1, -0.05) is 0 Å². The van der Waals surface area contributed by atoms with Gasteiger partial charge in [0.05, 0.1) is 5.69 Å². The number of aromatic nitrogens is 3. The molecule has 0 spiro atoms. The molecule has 24 heavy (non-hydrogen) atoms. The Morgan fingerprint density at radius 1 is 1.17 bits per heavy atom. The first kappa shape index (κ1) is 16.4. The lowest BCUT2D eigenvalue weighted by Gasteiger charge is -2.25. The van der Waals surface area contributed by atoms with E-state index in [1.54, 1.807) is 24.0 Å².